The summed E-state index contributed by atoms with van der Waals surface area (Å²) in [7, 11) is 0. The normalized spacial score (nSPS) is 10.9. The summed E-state index contributed by atoms with van der Waals surface area (Å²) in [5.41, 5.74) is 0. The molecule has 0 saturated carbocycles. The van der Waals surface area contributed by atoms with E-state index in [-0.39, 0.29) is 18.9 Å². The fraction of sp³-hybridized carbons (Fsp3) is 0.333. The van der Waals surface area contributed by atoms with Crippen LogP contribution in [0.5, 0.6) is 0 Å². The van der Waals surface area contributed by atoms with E-state index in [9.17, 15) is 0 Å². The summed E-state index contributed by atoms with van der Waals surface area (Å²) in [5.74, 6) is 0. The van der Waals surface area contributed by atoms with Crippen molar-refractivity contribution >= 4 is 18.9 Å². The fourth-order valence-electron chi connectivity index (χ4n) is 1.41. The van der Waals surface area contributed by atoms with E-state index in [1.165, 1.54) is 8.54 Å². The van der Waals surface area contributed by atoms with Crippen molar-refractivity contribution < 1.29 is 32.2 Å². The third-order valence-corrected chi connectivity index (χ3v) is 14.0. The molecule has 0 atom stereocenters. The van der Waals surface area contributed by atoms with Gasteiger partial charge in [-0.1, -0.05) is 0 Å². The Morgan fingerprint density at radius 3 is 1.00 bits per heavy atom. The van der Waals surface area contributed by atoms with E-state index in [1.54, 1.807) is 0 Å². The molecule has 0 heterocycles. The molecule has 0 spiro atoms. The molecule has 0 aromatic heterocycles. The van der Waals surface area contributed by atoms with E-state index in [1.807, 2.05) is 0 Å². The van der Waals surface area contributed by atoms with E-state index in [4.69, 9.17) is 0 Å². The molecule has 0 nitrogen and oxygen atoms in total. The molecule has 0 fully saturated rings. The molecule has 0 rings (SSSR count). The Balaban J connectivity index is 0. The Bertz CT molecular complexity index is 151. The zero-order chi connectivity index (χ0) is 10.2. The van der Waals surface area contributed by atoms with Crippen LogP contribution in [-0.2, 0) is 0 Å². The molecule has 0 aliphatic heterocycles. The molecule has 14 heavy (non-hydrogen) atoms. The van der Waals surface area contributed by atoms with Gasteiger partial charge in [-0.15, -0.1) is 0 Å². The van der Waals surface area contributed by atoms with Gasteiger partial charge in [0.05, 0.1) is 0 Å². The number of hydrogen-bond donors (Lipinski definition) is 0. The van der Waals surface area contributed by atoms with Gasteiger partial charge in [-0.05, 0) is 0 Å². The molecule has 0 amide bonds. The summed E-state index contributed by atoms with van der Waals surface area (Å²) in [6, 6.07) is 0. The van der Waals surface area contributed by atoms with E-state index in [2.05, 4.69) is 50.6 Å². The number of rotatable bonds is 8. The zero-order valence-electron chi connectivity index (χ0n) is 8.37. The molecule has 0 aromatic rings. The summed E-state index contributed by atoms with van der Waals surface area (Å²) in [4.78, 5) is 0. The van der Waals surface area contributed by atoms with Gasteiger partial charge in [0.2, 0.25) is 0 Å². The van der Waals surface area contributed by atoms with Gasteiger partial charge in [0.1, 0.15) is 0 Å². The Morgan fingerprint density at radius 1 is 0.643 bits per heavy atom. The van der Waals surface area contributed by atoms with Crippen LogP contribution < -0.4 is 0 Å². The van der Waals surface area contributed by atoms with Crippen molar-refractivity contribution in [1.82, 2.24) is 0 Å². The second-order valence-corrected chi connectivity index (χ2v) is 15.2. The van der Waals surface area contributed by atoms with Crippen molar-refractivity contribution in [2.75, 3.05) is 0 Å². The first-order valence-electron chi connectivity index (χ1n) is 4.42. The maximum atomic E-state index is 3.84. The van der Waals surface area contributed by atoms with E-state index < -0.39 is 32.2 Å². The Hall–Kier alpha value is 0.895. The van der Waals surface area contributed by atoms with Crippen molar-refractivity contribution in [3.8, 4) is 0 Å². The summed E-state index contributed by atoms with van der Waals surface area (Å²) in [6.45, 7) is 15.4. The van der Waals surface area contributed by atoms with Gasteiger partial charge in [0.15, 0.2) is 0 Å². The van der Waals surface area contributed by atoms with E-state index in [0.717, 1.165) is 0 Å². The zero-order valence-corrected chi connectivity index (χ0v) is 11.0. The van der Waals surface area contributed by atoms with Gasteiger partial charge >= 0.3 is 110 Å². The first-order chi connectivity index (χ1) is 6.24. The minimum absolute atomic E-state index is 0. The molecular formula is C12H21LiSm. The average Bonchev–Trinajstić information content (AvgIpc) is 2.06. The molecule has 2 heteroatoms. The predicted octanol–water partition coefficient (Wildman–Crippen LogP) is 3.91. The van der Waals surface area contributed by atoms with Crippen LogP contribution in [0.3, 0.4) is 0 Å². The van der Waals surface area contributed by atoms with Crippen LogP contribution >= 0.6 is 0 Å². The van der Waals surface area contributed by atoms with Gasteiger partial charge in [0, 0.05) is 0 Å². The van der Waals surface area contributed by atoms with Gasteiger partial charge < -0.3 is 0 Å². The fourth-order valence-corrected chi connectivity index (χ4v) is 10.4. The van der Waals surface area contributed by atoms with Crippen LogP contribution in [0.15, 0.2) is 50.6 Å². The number of hydrogen-bond acceptors (Lipinski definition) is 0. The molecule has 0 unspecified atom stereocenters. The SMILES string of the molecule is C=C[CH2][Sm]([CH2]C=C)([CH2]C=C)[CH2]C=C.[LiH]. The van der Waals surface area contributed by atoms with E-state index >= 15 is 0 Å². The second-order valence-electron chi connectivity index (χ2n) is 3.05. The Kier molecular flexibility index (Phi) is 12.9. The van der Waals surface area contributed by atoms with Crippen molar-refractivity contribution in [3.05, 3.63) is 50.6 Å². The van der Waals surface area contributed by atoms with E-state index in [0.29, 0.717) is 0 Å². The molecule has 0 aromatic carbocycles. The maximum absolute atomic E-state index is 3.84. The van der Waals surface area contributed by atoms with Crippen LogP contribution in [0.1, 0.15) is 0 Å². The Morgan fingerprint density at radius 2 is 0.857 bits per heavy atom. The molecule has 0 aliphatic carbocycles. The quantitative estimate of drug-likeness (QED) is 0.469. The molecule has 76 valence electrons. The summed E-state index contributed by atoms with van der Waals surface area (Å²) in [6.07, 6.45) is 8.25. The van der Waals surface area contributed by atoms with Crippen LogP contribution in [0.25, 0.3) is 0 Å². The van der Waals surface area contributed by atoms with Crippen LogP contribution in [0.2, 0.25) is 8.54 Å². The third kappa shape index (κ3) is 6.39. The molecule has 0 saturated heterocycles. The predicted molar refractivity (Wildman–Crippen MR) is 67.2 cm³/mol. The van der Waals surface area contributed by atoms with Crippen molar-refractivity contribution in [3.63, 3.8) is 0 Å². The summed E-state index contributed by atoms with van der Waals surface area (Å²) >= 11 is -2.02. The number of allylic oxidation sites excluding steroid dienone is 4. The van der Waals surface area contributed by atoms with Crippen molar-refractivity contribution in [1.29, 1.82) is 0 Å². The first-order valence-corrected chi connectivity index (χ1v) is 11.8. The minimum atomic E-state index is -2.02. The monoisotopic (exact) mass is 324 g/mol. The molecular weight excluding hydrogens is 301 g/mol. The summed E-state index contributed by atoms with van der Waals surface area (Å²) < 4.78 is 4.82. The van der Waals surface area contributed by atoms with Gasteiger partial charge in [-0.3, -0.25) is 0 Å². The molecule has 0 bridgehead atoms. The standard InChI is InChI=1S/4C3H5.Li.Sm.H/c4*1-3-2;;;/h4*3H,1-2H2;;;. The van der Waals surface area contributed by atoms with Gasteiger partial charge in [0.25, 0.3) is 0 Å². The van der Waals surface area contributed by atoms with Crippen molar-refractivity contribution in [2.24, 2.45) is 0 Å². The van der Waals surface area contributed by atoms with Gasteiger partial charge in [-0.25, -0.2) is 0 Å². The molecule has 0 aliphatic rings. The topological polar surface area (TPSA) is 0 Å². The third-order valence-electron chi connectivity index (χ3n) is 1.89. The average molecular weight is 323 g/mol. The molecule has 0 N–H and O–H groups in total. The second kappa shape index (κ2) is 10.4. The Labute approximate surface area is 109 Å². The van der Waals surface area contributed by atoms with Gasteiger partial charge in [-0.2, -0.15) is 0 Å². The molecule has 0 radical (unpaired) electrons. The first kappa shape index (κ1) is 17.3. The van der Waals surface area contributed by atoms with Crippen molar-refractivity contribution in [2.45, 2.75) is 8.54 Å². The van der Waals surface area contributed by atoms with Crippen LogP contribution in [-0.4, -0.2) is 18.9 Å². The van der Waals surface area contributed by atoms with Crippen LogP contribution in [0.4, 0.5) is 0 Å². The summed E-state index contributed by atoms with van der Waals surface area (Å²) in [5, 5.41) is 0. The van der Waals surface area contributed by atoms with Crippen LogP contribution in [0, 0.1) is 32.2 Å².